The molecule has 27 heavy (non-hydrogen) atoms. The monoisotopic (exact) mass is 370 g/mol. The Morgan fingerprint density at radius 2 is 1.48 bits per heavy atom. The maximum absolute atomic E-state index is 13.6. The second-order valence-electron chi connectivity index (χ2n) is 6.01. The number of amides is 1. The molecule has 0 saturated heterocycles. The van der Waals surface area contributed by atoms with Crippen LogP contribution in [0.15, 0.2) is 78.9 Å². The van der Waals surface area contributed by atoms with E-state index in [2.05, 4.69) is 5.32 Å². The van der Waals surface area contributed by atoms with Crippen LogP contribution in [0, 0.1) is 0 Å². The Labute approximate surface area is 154 Å². The largest absolute Gasteiger partial charge is 0.417 e. The summed E-state index contributed by atoms with van der Waals surface area (Å²) in [7, 11) is 0. The van der Waals surface area contributed by atoms with E-state index in [0.717, 1.165) is 6.07 Å². The normalized spacial score (nSPS) is 12.4. The number of alkyl halides is 3. The van der Waals surface area contributed by atoms with E-state index in [0.29, 0.717) is 11.1 Å². The number of carbonyl (C=O) groups is 1. The first-order valence-corrected chi connectivity index (χ1v) is 8.24. The molecule has 0 saturated carbocycles. The molecule has 0 fully saturated rings. The van der Waals surface area contributed by atoms with Crippen molar-refractivity contribution in [2.75, 3.05) is 5.32 Å². The second-order valence-corrected chi connectivity index (χ2v) is 6.01. The third-order valence-electron chi connectivity index (χ3n) is 4.14. The van der Waals surface area contributed by atoms with Gasteiger partial charge in [-0.15, -0.1) is 0 Å². The Balaban J connectivity index is 2.01. The van der Waals surface area contributed by atoms with E-state index in [9.17, 15) is 18.0 Å². The summed E-state index contributed by atoms with van der Waals surface area (Å²) in [4.78, 5) is 11.8. The average molecular weight is 370 g/mol. The van der Waals surface area contributed by atoms with E-state index in [-0.39, 0.29) is 11.3 Å². The molecule has 0 aliphatic carbocycles. The summed E-state index contributed by atoms with van der Waals surface area (Å²) in [6.45, 7) is 0. The van der Waals surface area contributed by atoms with Crippen molar-refractivity contribution in [3.05, 3.63) is 90.0 Å². The molecule has 0 aliphatic rings. The number of nitrogens with one attached hydrogen (secondary N) is 1. The first-order valence-electron chi connectivity index (χ1n) is 8.24. The smallest absolute Gasteiger partial charge is 0.370 e. The van der Waals surface area contributed by atoms with Crippen molar-refractivity contribution in [1.82, 2.24) is 0 Å². The van der Waals surface area contributed by atoms with Crippen LogP contribution in [0.25, 0.3) is 11.1 Å². The van der Waals surface area contributed by atoms with E-state index in [4.69, 9.17) is 5.73 Å². The first kappa shape index (κ1) is 18.5. The molecule has 3 nitrogen and oxygen atoms in total. The molecule has 0 unspecified atom stereocenters. The minimum absolute atomic E-state index is 0.0731. The Hall–Kier alpha value is -3.28. The summed E-state index contributed by atoms with van der Waals surface area (Å²) in [5.74, 6) is -0.679. The zero-order valence-electron chi connectivity index (χ0n) is 14.2. The van der Waals surface area contributed by atoms with Crippen molar-refractivity contribution < 1.29 is 18.0 Å². The summed E-state index contributed by atoms with van der Waals surface area (Å²) >= 11 is 0. The Morgan fingerprint density at radius 3 is 2.04 bits per heavy atom. The topological polar surface area (TPSA) is 55.1 Å². The molecule has 138 valence electrons. The Kier molecular flexibility index (Phi) is 5.16. The van der Waals surface area contributed by atoms with Crippen LogP contribution in [-0.2, 0) is 11.0 Å². The number of benzene rings is 3. The lowest BCUT2D eigenvalue weighted by atomic mass is 9.98. The van der Waals surface area contributed by atoms with Crippen LogP contribution in [0.2, 0.25) is 0 Å². The molecule has 3 rings (SSSR count). The maximum atomic E-state index is 13.6. The van der Waals surface area contributed by atoms with Crippen LogP contribution in [0.1, 0.15) is 17.2 Å². The van der Waals surface area contributed by atoms with Gasteiger partial charge in [0.1, 0.15) is 6.04 Å². The lowest BCUT2D eigenvalue weighted by molar-refractivity contribution is -0.137. The van der Waals surface area contributed by atoms with Crippen molar-refractivity contribution in [1.29, 1.82) is 0 Å². The summed E-state index contributed by atoms with van der Waals surface area (Å²) in [6, 6.07) is 19.9. The van der Waals surface area contributed by atoms with Crippen molar-refractivity contribution in [2.24, 2.45) is 5.73 Å². The van der Waals surface area contributed by atoms with Gasteiger partial charge in [-0.1, -0.05) is 66.7 Å². The van der Waals surface area contributed by atoms with Gasteiger partial charge in [0, 0.05) is 5.69 Å². The van der Waals surface area contributed by atoms with Gasteiger partial charge in [-0.05, 0) is 28.8 Å². The molecular formula is C21H17F3N2O. The van der Waals surface area contributed by atoms with Crippen LogP contribution in [-0.4, -0.2) is 5.91 Å². The highest BCUT2D eigenvalue weighted by molar-refractivity contribution is 5.85. The molecule has 3 aromatic carbocycles. The van der Waals surface area contributed by atoms with Gasteiger partial charge in [0.25, 0.3) is 0 Å². The number of carbonyl (C=O) groups excluding carboxylic acids is 1. The van der Waals surface area contributed by atoms with Crippen molar-refractivity contribution in [3.8, 4) is 11.1 Å². The van der Waals surface area contributed by atoms with Crippen LogP contribution < -0.4 is 11.1 Å². The highest BCUT2D eigenvalue weighted by Crippen LogP contribution is 2.39. The third-order valence-corrected chi connectivity index (χ3v) is 4.14. The molecule has 0 radical (unpaired) electrons. The summed E-state index contributed by atoms with van der Waals surface area (Å²) in [5.41, 5.74) is 5.93. The van der Waals surface area contributed by atoms with Crippen molar-refractivity contribution in [3.63, 3.8) is 0 Å². The SMILES string of the molecule is NC(=O)[C@@H](Nc1ccc(-c2ccccc2)c(C(F)(F)F)c1)c1ccccc1. The quantitative estimate of drug-likeness (QED) is 0.663. The maximum Gasteiger partial charge on any atom is 0.417 e. The van der Waals surface area contributed by atoms with Crippen molar-refractivity contribution >= 4 is 11.6 Å². The van der Waals surface area contributed by atoms with Crippen molar-refractivity contribution in [2.45, 2.75) is 12.2 Å². The van der Waals surface area contributed by atoms with E-state index in [1.807, 2.05) is 0 Å². The summed E-state index contributed by atoms with van der Waals surface area (Å²) < 4.78 is 40.8. The second kappa shape index (κ2) is 7.53. The highest BCUT2D eigenvalue weighted by atomic mass is 19.4. The molecule has 0 heterocycles. The summed E-state index contributed by atoms with van der Waals surface area (Å²) in [6.07, 6.45) is -4.54. The number of hydrogen-bond donors (Lipinski definition) is 2. The van der Waals surface area contributed by atoms with E-state index in [1.54, 1.807) is 60.7 Å². The predicted octanol–water partition coefficient (Wildman–Crippen LogP) is 5.01. The molecule has 6 heteroatoms. The molecule has 0 bridgehead atoms. The zero-order valence-corrected chi connectivity index (χ0v) is 14.2. The average Bonchev–Trinajstić information content (AvgIpc) is 2.66. The number of halogens is 3. The first-order chi connectivity index (χ1) is 12.9. The van der Waals surface area contributed by atoms with E-state index < -0.39 is 23.7 Å². The van der Waals surface area contributed by atoms with Gasteiger partial charge in [0.05, 0.1) is 5.56 Å². The molecule has 3 N–H and O–H groups in total. The zero-order chi connectivity index (χ0) is 19.4. The summed E-state index contributed by atoms with van der Waals surface area (Å²) in [5, 5.41) is 2.81. The molecule has 1 amide bonds. The van der Waals surface area contributed by atoms with Gasteiger partial charge < -0.3 is 11.1 Å². The lowest BCUT2D eigenvalue weighted by Gasteiger charge is -2.20. The van der Waals surface area contributed by atoms with Crippen LogP contribution in [0.4, 0.5) is 18.9 Å². The van der Waals surface area contributed by atoms with Crippen LogP contribution in [0.5, 0.6) is 0 Å². The Bertz CT molecular complexity index is 925. The lowest BCUT2D eigenvalue weighted by Crippen LogP contribution is -2.27. The van der Waals surface area contributed by atoms with Gasteiger partial charge in [-0.25, -0.2) is 0 Å². The van der Waals surface area contributed by atoms with Gasteiger partial charge in [0.15, 0.2) is 0 Å². The molecule has 0 aromatic heterocycles. The van der Waals surface area contributed by atoms with E-state index >= 15 is 0 Å². The number of primary amides is 1. The number of anilines is 1. The fourth-order valence-corrected chi connectivity index (χ4v) is 2.87. The van der Waals surface area contributed by atoms with Gasteiger partial charge >= 0.3 is 6.18 Å². The predicted molar refractivity (Wildman–Crippen MR) is 98.9 cm³/mol. The third kappa shape index (κ3) is 4.28. The minimum atomic E-state index is -4.54. The van der Waals surface area contributed by atoms with Gasteiger partial charge in [-0.3, -0.25) is 4.79 Å². The molecule has 1 atom stereocenters. The van der Waals surface area contributed by atoms with Gasteiger partial charge in [0.2, 0.25) is 5.91 Å². The van der Waals surface area contributed by atoms with Crippen LogP contribution >= 0.6 is 0 Å². The van der Waals surface area contributed by atoms with Crippen LogP contribution in [0.3, 0.4) is 0 Å². The molecule has 0 spiro atoms. The highest BCUT2D eigenvalue weighted by Gasteiger charge is 2.34. The number of rotatable bonds is 5. The minimum Gasteiger partial charge on any atom is -0.370 e. The van der Waals surface area contributed by atoms with E-state index in [1.165, 1.54) is 12.1 Å². The molecule has 0 aliphatic heterocycles. The fraction of sp³-hybridized carbons (Fsp3) is 0.0952. The number of nitrogens with two attached hydrogens (primary N) is 1. The molecular weight excluding hydrogens is 353 g/mol. The van der Waals surface area contributed by atoms with Gasteiger partial charge in [-0.2, -0.15) is 13.2 Å². The fourth-order valence-electron chi connectivity index (χ4n) is 2.87. The standard InChI is InChI=1S/C21H17F3N2O/c22-21(23,24)18-13-16(11-12-17(18)14-7-3-1-4-8-14)26-19(20(25)27)15-9-5-2-6-10-15/h1-13,19,26H,(H2,25,27)/t19-/m0/s1. The number of hydrogen-bond acceptors (Lipinski definition) is 2. The Morgan fingerprint density at radius 1 is 0.889 bits per heavy atom. The molecule has 3 aromatic rings.